The third kappa shape index (κ3) is 2.44. The van der Waals surface area contributed by atoms with E-state index in [1.54, 1.807) is 0 Å². The average molecular weight is 291 g/mol. The van der Waals surface area contributed by atoms with E-state index in [2.05, 4.69) is 60.6 Å². The van der Waals surface area contributed by atoms with Crippen LogP contribution in [0.4, 0.5) is 0 Å². The van der Waals surface area contributed by atoms with Crippen molar-refractivity contribution in [2.75, 3.05) is 12.3 Å². The minimum absolute atomic E-state index is 0.342. The Hall–Kier alpha value is -0.510. The molecule has 0 spiro atoms. The van der Waals surface area contributed by atoms with E-state index in [4.69, 9.17) is 0 Å². The highest BCUT2D eigenvalue weighted by molar-refractivity contribution is 8.00. The Balaban J connectivity index is 2.06. The number of thiophene rings is 1. The molecule has 2 heterocycles. The summed E-state index contributed by atoms with van der Waals surface area (Å²) in [6, 6.07) is 9.44. The summed E-state index contributed by atoms with van der Waals surface area (Å²) in [7, 11) is 0. The molecule has 1 aromatic heterocycles. The van der Waals surface area contributed by atoms with Gasteiger partial charge in [-0.15, -0.1) is 11.3 Å². The third-order valence-corrected chi connectivity index (χ3v) is 6.66. The molecule has 1 aliphatic rings. The molecule has 0 saturated carbocycles. The molecule has 1 nitrogen and oxygen atoms in total. The lowest BCUT2D eigenvalue weighted by Gasteiger charge is -2.34. The van der Waals surface area contributed by atoms with E-state index in [9.17, 15) is 0 Å². The van der Waals surface area contributed by atoms with E-state index in [1.807, 2.05) is 11.3 Å². The van der Waals surface area contributed by atoms with Gasteiger partial charge in [0.1, 0.15) is 0 Å². The highest BCUT2D eigenvalue weighted by Gasteiger charge is 2.39. The van der Waals surface area contributed by atoms with E-state index in [0.29, 0.717) is 10.8 Å². The summed E-state index contributed by atoms with van der Waals surface area (Å²) in [5, 5.41) is 7.34. The monoisotopic (exact) mass is 291 g/mol. The first-order valence-electron chi connectivity index (χ1n) is 7.08. The van der Waals surface area contributed by atoms with Crippen molar-refractivity contribution in [3.8, 4) is 0 Å². The lowest BCUT2D eigenvalue weighted by molar-refractivity contribution is 0.424. The quantitative estimate of drug-likeness (QED) is 0.865. The number of hydrogen-bond acceptors (Lipinski definition) is 3. The van der Waals surface area contributed by atoms with E-state index in [-0.39, 0.29) is 0 Å². The van der Waals surface area contributed by atoms with Crippen molar-refractivity contribution < 1.29 is 0 Å². The zero-order chi connectivity index (χ0) is 13.3. The van der Waals surface area contributed by atoms with E-state index < -0.39 is 0 Å². The van der Waals surface area contributed by atoms with Gasteiger partial charge in [0.25, 0.3) is 0 Å². The topological polar surface area (TPSA) is 12.0 Å². The number of nitrogens with one attached hydrogen (secondary N) is 1. The molecule has 1 aliphatic heterocycles. The second kappa shape index (κ2) is 5.47. The Morgan fingerprint density at radius 3 is 3.00 bits per heavy atom. The van der Waals surface area contributed by atoms with E-state index >= 15 is 0 Å². The second-order valence-electron chi connectivity index (χ2n) is 5.44. The fourth-order valence-electron chi connectivity index (χ4n) is 3.13. The van der Waals surface area contributed by atoms with Crippen molar-refractivity contribution in [2.24, 2.45) is 0 Å². The van der Waals surface area contributed by atoms with Crippen LogP contribution < -0.4 is 5.32 Å². The van der Waals surface area contributed by atoms with Crippen LogP contribution in [0.1, 0.15) is 38.3 Å². The molecule has 1 fully saturated rings. The van der Waals surface area contributed by atoms with Gasteiger partial charge < -0.3 is 5.32 Å². The van der Waals surface area contributed by atoms with Gasteiger partial charge in [0.2, 0.25) is 0 Å². The molecule has 2 aromatic rings. The van der Waals surface area contributed by atoms with Gasteiger partial charge >= 0.3 is 0 Å². The predicted octanol–water partition coefficient (Wildman–Crippen LogP) is 4.84. The van der Waals surface area contributed by atoms with Crippen LogP contribution in [0.3, 0.4) is 0 Å². The van der Waals surface area contributed by atoms with E-state index in [0.717, 1.165) is 6.54 Å². The van der Waals surface area contributed by atoms with Crippen LogP contribution in [0.15, 0.2) is 29.6 Å². The smallest absolute Gasteiger partial charge is 0.0480 e. The van der Waals surface area contributed by atoms with Gasteiger partial charge in [-0.2, -0.15) is 11.8 Å². The van der Waals surface area contributed by atoms with Crippen LogP contribution in [0.25, 0.3) is 10.1 Å². The molecule has 2 unspecified atom stereocenters. The highest BCUT2D eigenvalue weighted by Crippen LogP contribution is 2.48. The summed E-state index contributed by atoms with van der Waals surface area (Å²) in [6.45, 7) is 5.68. The molecule has 0 bridgehead atoms. The Morgan fingerprint density at radius 1 is 1.37 bits per heavy atom. The number of rotatable bonds is 4. The number of benzene rings is 1. The largest absolute Gasteiger partial charge is 0.309 e. The number of thioether (sulfide) groups is 1. The van der Waals surface area contributed by atoms with Crippen LogP contribution in [0, 0.1) is 0 Å². The Morgan fingerprint density at radius 2 is 2.26 bits per heavy atom. The summed E-state index contributed by atoms with van der Waals surface area (Å²) >= 11 is 4.02. The summed E-state index contributed by atoms with van der Waals surface area (Å²) in [6.07, 6.45) is 2.67. The lowest BCUT2D eigenvalue weighted by atomic mass is 9.89. The molecule has 0 aliphatic carbocycles. The third-order valence-electron chi connectivity index (χ3n) is 4.09. The van der Waals surface area contributed by atoms with Crippen molar-refractivity contribution in [1.82, 2.24) is 5.32 Å². The maximum Gasteiger partial charge on any atom is 0.0480 e. The van der Waals surface area contributed by atoms with Crippen LogP contribution in [-0.4, -0.2) is 17.0 Å². The highest BCUT2D eigenvalue weighted by atomic mass is 32.2. The van der Waals surface area contributed by atoms with Crippen LogP contribution in [0.2, 0.25) is 0 Å². The van der Waals surface area contributed by atoms with Crippen LogP contribution in [0.5, 0.6) is 0 Å². The maximum atomic E-state index is 3.75. The fourth-order valence-corrected chi connectivity index (χ4v) is 5.50. The van der Waals surface area contributed by atoms with Gasteiger partial charge in [-0.05, 0) is 54.5 Å². The maximum absolute atomic E-state index is 3.75. The first kappa shape index (κ1) is 13.5. The zero-order valence-electron chi connectivity index (χ0n) is 11.6. The molecule has 0 amide bonds. The zero-order valence-corrected chi connectivity index (χ0v) is 13.2. The average Bonchev–Trinajstić information content (AvgIpc) is 3.04. The van der Waals surface area contributed by atoms with Gasteiger partial charge in [-0.3, -0.25) is 0 Å². The molecule has 1 aromatic carbocycles. The Bertz CT molecular complexity index is 555. The number of hydrogen-bond donors (Lipinski definition) is 1. The number of fused-ring (bicyclic) bond motifs is 1. The molecule has 1 N–H and O–H groups in total. The molecule has 3 heteroatoms. The molecular formula is C16H21NS2. The van der Waals surface area contributed by atoms with Crippen LogP contribution >= 0.6 is 23.1 Å². The first-order valence-corrected chi connectivity index (χ1v) is 8.94. The fraction of sp³-hybridized carbons (Fsp3) is 0.500. The van der Waals surface area contributed by atoms with E-state index in [1.165, 1.54) is 34.2 Å². The normalized spacial score (nSPS) is 24.9. The molecule has 2 atom stereocenters. The summed E-state index contributed by atoms with van der Waals surface area (Å²) < 4.78 is 1.80. The predicted molar refractivity (Wildman–Crippen MR) is 88.3 cm³/mol. The van der Waals surface area contributed by atoms with Crippen molar-refractivity contribution in [2.45, 2.75) is 37.5 Å². The van der Waals surface area contributed by atoms with Gasteiger partial charge in [0, 0.05) is 15.5 Å². The summed E-state index contributed by atoms with van der Waals surface area (Å²) in [5.41, 5.74) is 1.49. The molecule has 1 saturated heterocycles. The summed E-state index contributed by atoms with van der Waals surface area (Å²) in [4.78, 5) is 0. The molecule has 102 valence electrons. The van der Waals surface area contributed by atoms with Crippen molar-refractivity contribution in [1.29, 1.82) is 0 Å². The minimum Gasteiger partial charge on any atom is -0.309 e. The van der Waals surface area contributed by atoms with Gasteiger partial charge in [0.15, 0.2) is 0 Å². The summed E-state index contributed by atoms with van der Waals surface area (Å²) in [5.74, 6) is 1.30. The van der Waals surface area contributed by atoms with Crippen molar-refractivity contribution in [3.05, 3.63) is 35.2 Å². The molecule has 0 radical (unpaired) electrons. The van der Waals surface area contributed by atoms with Crippen molar-refractivity contribution in [3.63, 3.8) is 0 Å². The van der Waals surface area contributed by atoms with Crippen LogP contribution in [-0.2, 0) is 0 Å². The van der Waals surface area contributed by atoms with Gasteiger partial charge in [-0.25, -0.2) is 0 Å². The van der Waals surface area contributed by atoms with Gasteiger partial charge in [-0.1, -0.05) is 25.1 Å². The van der Waals surface area contributed by atoms with Crippen molar-refractivity contribution >= 4 is 33.2 Å². The molecular weight excluding hydrogens is 270 g/mol. The Labute approximate surface area is 123 Å². The lowest BCUT2D eigenvalue weighted by Crippen LogP contribution is -2.37. The first-order chi connectivity index (χ1) is 9.24. The van der Waals surface area contributed by atoms with Gasteiger partial charge in [0.05, 0.1) is 0 Å². The molecule has 19 heavy (non-hydrogen) atoms. The molecule has 3 rings (SSSR count). The Kier molecular flexibility index (Phi) is 3.88. The second-order valence-corrected chi connectivity index (χ2v) is 7.99. The standard InChI is InChI=1S/C16H21NS2/c1-3-17-15(16(2)9-5-10-19-16)13-7-4-6-12-8-11-18-14(12)13/h4,6-8,11,15,17H,3,5,9-10H2,1-2H3. The SMILES string of the molecule is CCNC(c1cccc2ccsc12)C1(C)CCCS1. The minimum atomic E-state index is 0.342.